The van der Waals surface area contributed by atoms with Crippen molar-refractivity contribution in [2.24, 2.45) is 0 Å². The van der Waals surface area contributed by atoms with Crippen molar-refractivity contribution in [1.29, 1.82) is 0 Å². The molecule has 3 nitrogen and oxygen atoms in total. The van der Waals surface area contributed by atoms with Gasteiger partial charge in [0.1, 0.15) is 0 Å². The highest BCUT2D eigenvalue weighted by Gasteiger charge is 2.14. The summed E-state index contributed by atoms with van der Waals surface area (Å²) in [4.78, 5) is 18.9. The Hall–Kier alpha value is -1.90. The molecule has 0 unspecified atom stereocenters. The largest absolute Gasteiger partial charge is 0.342 e. The predicted molar refractivity (Wildman–Crippen MR) is 62.7 cm³/mol. The maximum absolute atomic E-state index is 12.1. The molecule has 0 aliphatic carbocycles. The topological polar surface area (TPSA) is 45.8 Å². The van der Waals surface area contributed by atoms with E-state index in [0.717, 1.165) is 16.7 Å². The summed E-state index contributed by atoms with van der Waals surface area (Å²) in [6.07, 6.45) is 3.24. The summed E-state index contributed by atoms with van der Waals surface area (Å²) in [6.45, 7) is 6.00. The molecule has 0 bridgehead atoms. The summed E-state index contributed by atoms with van der Waals surface area (Å²) in [5.41, 5.74) is 4.04. The SMILES string of the molecule is Cc1cc(C)c(C(=O)c2ncc[nH]2)cc1C. The molecular weight excluding hydrogens is 200 g/mol. The number of nitrogens with zero attached hydrogens (tertiary/aromatic N) is 1. The highest BCUT2D eigenvalue weighted by Crippen LogP contribution is 2.17. The fourth-order valence-electron chi connectivity index (χ4n) is 1.72. The van der Waals surface area contributed by atoms with Crippen LogP contribution in [0.2, 0.25) is 0 Å². The molecule has 1 heterocycles. The molecule has 0 saturated heterocycles. The molecule has 0 aliphatic heterocycles. The average molecular weight is 214 g/mol. The minimum absolute atomic E-state index is 0.0504. The van der Waals surface area contributed by atoms with Crippen LogP contribution in [0.4, 0.5) is 0 Å². The Kier molecular flexibility index (Phi) is 2.60. The van der Waals surface area contributed by atoms with Crippen molar-refractivity contribution < 1.29 is 4.79 Å². The van der Waals surface area contributed by atoms with Gasteiger partial charge in [0.2, 0.25) is 5.78 Å². The van der Waals surface area contributed by atoms with Crippen LogP contribution in [0.5, 0.6) is 0 Å². The normalized spacial score (nSPS) is 10.4. The third-order valence-corrected chi connectivity index (χ3v) is 2.80. The van der Waals surface area contributed by atoms with Gasteiger partial charge in [-0.1, -0.05) is 6.07 Å². The van der Waals surface area contributed by atoms with Crippen LogP contribution in [0.1, 0.15) is 32.9 Å². The molecule has 0 fully saturated rings. The van der Waals surface area contributed by atoms with Gasteiger partial charge in [-0.25, -0.2) is 4.98 Å². The lowest BCUT2D eigenvalue weighted by atomic mass is 9.98. The lowest BCUT2D eigenvalue weighted by molar-refractivity contribution is 0.102. The summed E-state index contributed by atoms with van der Waals surface area (Å²) in [7, 11) is 0. The van der Waals surface area contributed by atoms with E-state index in [1.54, 1.807) is 12.4 Å². The summed E-state index contributed by atoms with van der Waals surface area (Å²) < 4.78 is 0. The van der Waals surface area contributed by atoms with Gasteiger partial charge in [0.25, 0.3) is 0 Å². The number of aromatic amines is 1. The predicted octanol–water partition coefficient (Wildman–Crippen LogP) is 2.57. The Balaban J connectivity index is 2.49. The first kappa shape index (κ1) is 10.6. The quantitative estimate of drug-likeness (QED) is 0.781. The fourth-order valence-corrected chi connectivity index (χ4v) is 1.72. The first-order valence-corrected chi connectivity index (χ1v) is 5.21. The first-order valence-electron chi connectivity index (χ1n) is 5.21. The number of aromatic nitrogens is 2. The lowest BCUT2D eigenvalue weighted by Gasteiger charge is -2.07. The average Bonchev–Trinajstić information content (AvgIpc) is 2.75. The Labute approximate surface area is 94.5 Å². The molecule has 82 valence electrons. The van der Waals surface area contributed by atoms with Crippen LogP contribution in [-0.4, -0.2) is 15.8 Å². The van der Waals surface area contributed by atoms with Crippen LogP contribution in [0.3, 0.4) is 0 Å². The van der Waals surface area contributed by atoms with Crippen molar-refractivity contribution in [1.82, 2.24) is 9.97 Å². The van der Waals surface area contributed by atoms with Crippen LogP contribution < -0.4 is 0 Å². The number of carbonyl (C=O) groups excluding carboxylic acids is 1. The van der Waals surface area contributed by atoms with E-state index in [9.17, 15) is 4.79 Å². The Morgan fingerprint density at radius 1 is 1.12 bits per heavy atom. The standard InChI is InChI=1S/C13H14N2O/c1-8-6-10(3)11(7-9(8)2)12(16)13-14-4-5-15-13/h4-7H,1-3H3,(H,14,15). The lowest BCUT2D eigenvalue weighted by Crippen LogP contribution is -2.06. The van der Waals surface area contributed by atoms with Gasteiger partial charge in [0.15, 0.2) is 5.82 Å². The molecule has 0 atom stereocenters. The van der Waals surface area contributed by atoms with Gasteiger partial charge in [-0.05, 0) is 43.5 Å². The molecule has 2 rings (SSSR count). The van der Waals surface area contributed by atoms with Gasteiger partial charge in [-0.15, -0.1) is 0 Å². The monoisotopic (exact) mass is 214 g/mol. The number of benzene rings is 1. The highest BCUT2D eigenvalue weighted by molar-refractivity contribution is 6.07. The van der Waals surface area contributed by atoms with Crippen molar-refractivity contribution in [3.63, 3.8) is 0 Å². The smallest absolute Gasteiger partial charge is 0.228 e. The Bertz CT molecular complexity index is 527. The van der Waals surface area contributed by atoms with Gasteiger partial charge in [-0.3, -0.25) is 4.79 Å². The van der Waals surface area contributed by atoms with Crippen LogP contribution in [0.15, 0.2) is 24.5 Å². The molecule has 0 aliphatic rings. The second-order valence-electron chi connectivity index (χ2n) is 4.02. The number of aryl methyl sites for hydroxylation is 3. The molecule has 3 heteroatoms. The molecule has 1 aromatic heterocycles. The zero-order valence-corrected chi connectivity index (χ0v) is 9.66. The molecule has 0 amide bonds. The fraction of sp³-hybridized carbons (Fsp3) is 0.231. The second kappa shape index (κ2) is 3.93. The van der Waals surface area contributed by atoms with E-state index in [1.807, 2.05) is 32.9 Å². The van der Waals surface area contributed by atoms with Gasteiger partial charge in [-0.2, -0.15) is 0 Å². The third-order valence-electron chi connectivity index (χ3n) is 2.80. The van der Waals surface area contributed by atoms with E-state index in [4.69, 9.17) is 0 Å². The van der Waals surface area contributed by atoms with E-state index < -0.39 is 0 Å². The number of ketones is 1. The highest BCUT2D eigenvalue weighted by atomic mass is 16.1. The van der Waals surface area contributed by atoms with Crippen molar-refractivity contribution in [2.75, 3.05) is 0 Å². The van der Waals surface area contributed by atoms with Gasteiger partial charge >= 0.3 is 0 Å². The summed E-state index contributed by atoms with van der Waals surface area (Å²) in [5, 5.41) is 0. The van der Waals surface area contributed by atoms with Gasteiger partial charge < -0.3 is 4.98 Å². The maximum atomic E-state index is 12.1. The van der Waals surface area contributed by atoms with Crippen LogP contribution >= 0.6 is 0 Å². The van der Waals surface area contributed by atoms with Gasteiger partial charge in [0.05, 0.1) is 0 Å². The number of hydrogen-bond donors (Lipinski definition) is 1. The number of imidazole rings is 1. The molecule has 0 spiro atoms. The summed E-state index contributed by atoms with van der Waals surface area (Å²) >= 11 is 0. The molecule has 0 saturated carbocycles. The minimum atomic E-state index is -0.0504. The van der Waals surface area contributed by atoms with Crippen molar-refractivity contribution in [2.45, 2.75) is 20.8 Å². The molecule has 16 heavy (non-hydrogen) atoms. The van der Waals surface area contributed by atoms with Crippen LogP contribution in [0, 0.1) is 20.8 Å². The molecule has 1 aromatic carbocycles. The van der Waals surface area contributed by atoms with Crippen LogP contribution in [-0.2, 0) is 0 Å². The summed E-state index contributed by atoms with van der Waals surface area (Å²) in [6, 6.07) is 3.96. The van der Waals surface area contributed by atoms with Gasteiger partial charge in [0, 0.05) is 18.0 Å². The number of hydrogen-bond acceptors (Lipinski definition) is 2. The number of nitrogens with one attached hydrogen (secondary N) is 1. The first-order chi connectivity index (χ1) is 7.59. The van der Waals surface area contributed by atoms with E-state index in [-0.39, 0.29) is 5.78 Å². The third kappa shape index (κ3) is 1.76. The van der Waals surface area contributed by atoms with Crippen molar-refractivity contribution in [3.8, 4) is 0 Å². The van der Waals surface area contributed by atoms with E-state index in [2.05, 4.69) is 9.97 Å². The number of H-pyrrole nitrogens is 1. The van der Waals surface area contributed by atoms with Crippen molar-refractivity contribution in [3.05, 3.63) is 52.6 Å². The van der Waals surface area contributed by atoms with E-state index in [1.165, 1.54) is 5.56 Å². The zero-order chi connectivity index (χ0) is 11.7. The van der Waals surface area contributed by atoms with E-state index >= 15 is 0 Å². The Morgan fingerprint density at radius 2 is 1.81 bits per heavy atom. The summed E-state index contributed by atoms with van der Waals surface area (Å²) in [5.74, 6) is 0.344. The van der Waals surface area contributed by atoms with Crippen molar-refractivity contribution >= 4 is 5.78 Å². The zero-order valence-electron chi connectivity index (χ0n) is 9.66. The minimum Gasteiger partial charge on any atom is -0.342 e. The molecular formula is C13H14N2O. The maximum Gasteiger partial charge on any atom is 0.228 e. The molecule has 1 N–H and O–H groups in total. The van der Waals surface area contributed by atoms with E-state index in [0.29, 0.717) is 5.82 Å². The number of rotatable bonds is 2. The molecule has 2 aromatic rings. The molecule has 0 radical (unpaired) electrons. The Morgan fingerprint density at radius 3 is 2.44 bits per heavy atom. The van der Waals surface area contributed by atoms with Crippen LogP contribution in [0.25, 0.3) is 0 Å². The number of carbonyl (C=O) groups is 1. The second-order valence-corrected chi connectivity index (χ2v) is 4.02.